The van der Waals surface area contributed by atoms with Gasteiger partial charge in [0.2, 0.25) is 0 Å². The summed E-state index contributed by atoms with van der Waals surface area (Å²) in [4.78, 5) is 14.0. The summed E-state index contributed by atoms with van der Waals surface area (Å²) in [6.45, 7) is 6.29. The van der Waals surface area contributed by atoms with Gasteiger partial charge in [-0.2, -0.15) is 0 Å². The summed E-state index contributed by atoms with van der Waals surface area (Å²) in [6, 6.07) is 2.76. The summed E-state index contributed by atoms with van der Waals surface area (Å²) < 4.78 is 18.6. The third-order valence-corrected chi connectivity index (χ3v) is 3.05. The summed E-state index contributed by atoms with van der Waals surface area (Å²) in [5.74, 6) is -0.698. The Bertz CT molecular complexity index is 438. The molecule has 1 rings (SSSR count). The van der Waals surface area contributed by atoms with E-state index < -0.39 is 5.82 Å². The van der Waals surface area contributed by atoms with Gasteiger partial charge in [0.25, 0.3) is 5.91 Å². The van der Waals surface area contributed by atoms with Crippen molar-refractivity contribution in [1.29, 1.82) is 0 Å². The van der Waals surface area contributed by atoms with Crippen LogP contribution in [0.1, 0.15) is 29.8 Å². The monoisotopic (exact) mass is 268 g/mol. The van der Waals surface area contributed by atoms with Crippen molar-refractivity contribution in [1.82, 2.24) is 4.90 Å². The molecule has 0 spiro atoms. The predicted octanol–water partition coefficient (Wildman–Crippen LogP) is 2.21. The summed E-state index contributed by atoms with van der Waals surface area (Å²) in [6.07, 6.45) is 0. The molecule has 0 aliphatic heterocycles. The van der Waals surface area contributed by atoms with Crippen molar-refractivity contribution in [2.24, 2.45) is 0 Å². The molecule has 0 atom stereocenters. The van der Waals surface area contributed by atoms with Crippen LogP contribution in [0.4, 0.5) is 10.1 Å². The molecule has 0 heterocycles. The second kappa shape index (κ2) is 6.52. The normalized spacial score (nSPS) is 10.8. The SMILES string of the molecule is COCCN(C(=O)c1cc(N)c(C)c(F)c1)C(C)C. The first-order chi connectivity index (χ1) is 8.88. The lowest BCUT2D eigenvalue weighted by Gasteiger charge is -2.26. The van der Waals surface area contributed by atoms with Gasteiger partial charge in [0, 0.05) is 36.5 Å². The summed E-state index contributed by atoms with van der Waals surface area (Å²) in [5, 5.41) is 0. The highest BCUT2D eigenvalue weighted by Gasteiger charge is 2.20. The first-order valence-corrected chi connectivity index (χ1v) is 6.24. The molecule has 0 fully saturated rings. The third-order valence-electron chi connectivity index (χ3n) is 3.05. The number of hydrogen-bond acceptors (Lipinski definition) is 3. The van der Waals surface area contributed by atoms with Crippen molar-refractivity contribution < 1.29 is 13.9 Å². The van der Waals surface area contributed by atoms with Crippen LogP contribution in [-0.2, 0) is 4.74 Å². The number of rotatable bonds is 5. The number of methoxy groups -OCH3 is 1. The highest BCUT2D eigenvalue weighted by atomic mass is 19.1. The summed E-state index contributed by atoms with van der Waals surface area (Å²) in [5.41, 5.74) is 6.62. The van der Waals surface area contributed by atoms with Gasteiger partial charge in [-0.1, -0.05) is 0 Å². The molecule has 1 aromatic carbocycles. The first-order valence-electron chi connectivity index (χ1n) is 6.24. The highest BCUT2D eigenvalue weighted by Crippen LogP contribution is 2.19. The van der Waals surface area contributed by atoms with Gasteiger partial charge in [0.1, 0.15) is 5.82 Å². The van der Waals surface area contributed by atoms with Crippen molar-refractivity contribution in [3.05, 3.63) is 29.1 Å². The van der Waals surface area contributed by atoms with Crippen LogP contribution < -0.4 is 5.73 Å². The van der Waals surface area contributed by atoms with Crippen LogP contribution in [0.3, 0.4) is 0 Å². The van der Waals surface area contributed by atoms with E-state index in [1.807, 2.05) is 13.8 Å². The lowest BCUT2D eigenvalue weighted by Crippen LogP contribution is -2.39. The molecular weight excluding hydrogens is 247 g/mol. The van der Waals surface area contributed by atoms with E-state index in [2.05, 4.69) is 0 Å². The fraction of sp³-hybridized carbons (Fsp3) is 0.500. The van der Waals surface area contributed by atoms with Gasteiger partial charge in [-0.3, -0.25) is 4.79 Å². The standard InChI is InChI=1S/C14H21FN2O2/c1-9(2)17(5-6-19-4)14(18)11-7-12(15)10(3)13(16)8-11/h7-9H,5-6,16H2,1-4H3. The Morgan fingerprint density at radius 3 is 2.58 bits per heavy atom. The lowest BCUT2D eigenvalue weighted by atomic mass is 10.1. The van der Waals surface area contributed by atoms with Crippen LogP contribution in [0, 0.1) is 12.7 Å². The molecule has 19 heavy (non-hydrogen) atoms. The zero-order chi connectivity index (χ0) is 14.6. The molecule has 5 heteroatoms. The minimum Gasteiger partial charge on any atom is -0.398 e. The predicted molar refractivity (Wildman–Crippen MR) is 73.6 cm³/mol. The molecule has 1 amide bonds. The number of nitrogens with two attached hydrogens (primary N) is 1. The Kier molecular flexibility index (Phi) is 5.30. The van der Waals surface area contributed by atoms with Gasteiger partial charge in [-0.15, -0.1) is 0 Å². The maximum atomic E-state index is 13.6. The number of hydrogen-bond donors (Lipinski definition) is 1. The minimum atomic E-state index is -0.459. The molecule has 106 valence electrons. The van der Waals surface area contributed by atoms with Gasteiger partial charge in [-0.25, -0.2) is 4.39 Å². The largest absolute Gasteiger partial charge is 0.398 e. The number of nitrogen functional groups attached to an aromatic ring is 1. The van der Waals surface area contributed by atoms with E-state index in [9.17, 15) is 9.18 Å². The van der Waals surface area contributed by atoms with E-state index in [0.717, 1.165) is 0 Å². The summed E-state index contributed by atoms with van der Waals surface area (Å²) in [7, 11) is 1.58. The van der Waals surface area contributed by atoms with Crippen molar-refractivity contribution >= 4 is 11.6 Å². The van der Waals surface area contributed by atoms with Crippen molar-refractivity contribution in [3.8, 4) is 0 Å². The number of carbonyl (C=O) groups is 1. The van der Waals surface area contributed by atoms with Gasteiger partial charge < -0.3 is 15.4 Å². The van der Waals surface area contributed by atoms with E-state index in [1.165, 1.54) is 12.1 Å². The number of carbonyl (C=O) groups excluding carboxylic acids is 1. The Morgan fingerprint density at radius 1 is 1.47 bits per heavy atom. The Morgan fingerprint density at radius 2 is 2.11 bits per heavy atom. The maximum absolute atomic E-state index is 13.6. The Hall–Kier alpha value is -1.62. The molecule has 0 aromatic heterocycles. The fourth-order valence-corrected chi connectivity index (χ4v) is 1.77. The minimum absolute atomic E-state index is 0.00763. The van der Waals surface area contributed by atoms with Crippen molar-refractivity contribution in [3.63, 3.8) is 0 Å². The average molecular weight is 268 g/mol. The smallest absolute Gasteiger partial charge is 0.254 e. The van der Waals surface area contributed by atoms with Crippen LogP contribution in [0.25, 0.3) is 0 Å². The Labute approximate surface area is 113 Å². The maximum Gasteiger partial charge on any atom is 0.254 e. The third kappa shape index (κ3) is 3.67. The molecule has 0 aliphatic rings. The summed E-state index contributed by atoms with van der Waals surface area (Å²) >= 11 is 0. The highest BCUT2D eigenvalue weighted by molar-refractivity contribution is 5.95. The van der Waals surface area contributed by atoms with E-state index >= 15 is 0 Å². The van der Waals surface area contributed by atoms with Crippen LogP contribution in [0.5, 0.6) is 0 Å². The molecule has 4 nitrogen and oxygen atoms in total. The zero-order valence-corrected chi connectivity index (χ0v) is 11.9. The molecule has 0 radical (unpaired) electrons. The Balaban J connectivity index is 3.03. The number of ether oxygens (including phenoxy) is 1. The lowest BCUT2D eigenvalue weighted by molar-refractivity contribution is 0.0634. The van der Waals surface area contributed by atoms with Crippen molar-refractivity contribution in [2.75, 3.05) is 26.0 Å². The zero-order valence-electron chi connectivity index (χ0n) is 11.9. The van der Waals surface area contributed by atoms with Crippen LogP contribution in [0.2, 0.25) is 0 Å². The number of nitrogens with zero attached hydrogens (tertiary/aromatic N) is 1. The molecule has 0 saturated heterocycles. The number of amides is 1. The van der Waals surface area contributed by atoms with Crippen LogP contribution >= 0.6 is 0 Å². The quantitative estimate of drug-likeness (QED) is 0.833. The van der Waals surface area contributed by atoms with E-state index in [1.54, 1.807) is 18.9 Å². The topological polar surface area (TPSA) is 55.6 Å². The van der Waals surface area contributed by atoms with Gasteiger partial charge in [0.15, 0.2) is 0 Å². The molecule has 0 saturated carbocycles. The van der Waals surface area contributed by atoms with Crippen LogP contribution in [0.15, 0.2) is 12.1 Å². The van der Waals surface area contributed by atoms with E-state index in [0.29, 0.717) is 24.4 Å². The molecular formula is C14H21FN2O2. The van der Waals surface area contributed by atoms with Crippen molar-refractivity contribution in [2.45, 2.75) is 26.8 Å². The molecule has 1 aromatic rings. The first kappa shape index (κ1) is 15.4. The molecule has 2 N–H and O–H groups in total. The second-order valence-corrected chi connectivity index (χ2v) is 4.76. The number of anilines is 1. The van der Waals surface area contributed by atoms with Crippen LogP contribution in [-0.4, -0.2) is 37.1 Å². The second-order valence-electron chi connectivity index (χ2n) is 4.76. The van der Waals surface area contributed by atoms with Gasteiger partial charge >= 0.3 is 0 Å². The van der Waals surface area contributed by atoms with E-state index in [-0.39, 0.29) is 17.5 Å². The number of benzene rings is 1. The van der Waals surface area contributed by atoms with Gasteiger partial charge in [-0.05, 0) is 32.9 Å². The van der Waals surface area contributed by atoms with E-state index in [4.69, 9.17) is 10.5 Å². The average Bonchev–Trinajstić information content (AvgIpc) is 2.35. The molecule has 0 unspecified atom stereocenters. The van der Waals surface area contributed by atoms with Gasteiger partial charge in [0.05, 0.1) is 6.61 Å². The molecule has 0 bridgehead atoms. The molecule has 0 aliphatic carbocycles. The number of halogens is 1. The fourth-order valence-electron chi connectivity index (χ4n) is 1.77.